The van der Waals surface area contributed by atoms with E-state index < -0.39 is 29.6 Å². The van der Waals surface area contributed by atoms with E-state index in [2.05, 4.69) is 10.6 Å². The van der Waals surface area contributed by atoms with E-state index in [-0.39, 0.29) is 19.6 Å². The fourth-order valence-electron chi connectivity index (χ4n) is 2.58. The van der Waals surface area contributed by atoms with Gasteiger partial charge in [-0.15, -0.1) is 0 Å². The van der Waals surface area contributed by atoms with Crippen LogP contribution in [0, 0.1) is 0 Å². The van der Waals surface area contributed by atoms with Gasteiger partial charge in [-0.2, -0.15) is 0 Å². The minimum absolute atomic E-state index is 0.124. The first kappa shape index (κ1) is 22.9. The normalized spacial score (nSPS) is 11.8. The number of carbonyl (C=O) groups is 3. The number of benzene rings is 2. The Hall–Kier alpha value is -3.35. The Kier molecular flexibility index (Phi) is 8.41. The molecule has 0 bridgehead atoms. The predicted octanol–water partition coefficient (Wildman–Crippen LogP) is 2.98. The molecule has 0 saturated carbocycles. The summed E-state index contributed by atoms with van der Waals surface area (Å²) in [5.74, 6) is -1.07. The molecule has 0 unspecified atom stereocenters. The van der Waals surface area contributed by atoms with E-state index in [0.29, 0.717) is 0 Å². The first-order valence-electron chi connectivity index (χ1n) is 9.73. The Morgan fingerprint density at radius 3 is 2.03 bits per heavy atom. The van der Waals surface area contributed by atoms with Crippen LogP contribution in [0.2, 0.25) is 0 Å². The zero-order valence-electron chi connectivity index (χ0n) is 17.5. The lowest BCUT2D eigenvalue weighted by molar-refractivity contribution is -0.145. The summed E-state index contributed by atoms with van der Waals surface area (Å²) in [6, 6.07) is 17.6. The first-order valence-corrected chi connectivity index (χ1v) is 9.73. The molecule has 7 heteroatoms. The highest BCUT2D eigenvalue weighted by atomic mass is 16.6. The molecule has 0 aliphatic rings. The summed E-state index contributed by atoms with van der Waals surface area (Å²) in [6.07, 6.45) is -0.449. The van der Waals surface area contributed by atoms with Gasteiger partial charge in [-0.05, 0) is 31.9 Å². The number of amides is 2. The maximum atomic E-state index is 12.6. The van der Waals surface area contributed by atoms with Crippen LogP contribution in [0.3, 0.4) is 0 Å². The van der Waals surface area contributed by atoms with Gasteiger partial charge in [-0.3, -0.25) is 9.59 Å². The van der Waals surface area contributed by atoms with Gasteiger partial charge >= 0.3 is 12.1 Å². The second-order valence-corrected chi connectivity index (χ2v) is 7.75. The van der Waals surface area contributed by atoms with Crippen molar-refractivity contribution in [2.24, 2.45) is 0 Å². The molecule has 0 aliphatic carbocycles. The Balaban J connectivity index is 1.92. The molecular weight excluding hydrogens is 384 g/mol. The van der Waals surface area contributed by atoms with Crippen LogP contribution in [0.25, 0.3) is 0 Å². The largest absolute Gasteiger partial charge is 0.460 e. The molecule has 2 N–H and O–H groups in total. The second kappa shape index (κ2) is 11.0. The van der Waals surface area contributed by atoms with Gasteiger partial charge in [0.05, 0.1) is 0 Å². The molecule has 0 heterocycles. The summed E-state index contributed by atoms with van der Waals surface area (Å²) < 4.78 is 10.4. The fraction of sp³-hybridized carbons (Fsp3) is 0.348. The zero-order chi connectivity index (χ0) is 22.0. The number of ether oxygens (including phenoxy) is 2. The third-order valence-electron chi connectivity index (χ3n) is 3.94. The minimum Gasteiger partial charge on any atom is -0.460 e. The molecule has 2 amide bonds. The van der Waals surface area contributed by atoms with Crippen molar-refractivity contribution in [3.8, 4) is 0 Å². The maximum Gasteiger partial charge on any atom is 0.408 e. The van der Waals surface area contributed by atoms with Crippen LogP contribution in [0.4, 0.5) is 4.79 Å². The summed E-state index contributed by atoms with van der Waals surface area (Å²) in [6.45, 7) is 5.04. The smallest absolute Gasteiger partial charge is 0.408 e. The predicted molar refractivity (Wildman–Crippen MR) is 113 cm³/mol. The van der Waals surface area contributed by atoms with Crippen LogP contribution in [0.1, 0.15) is 31.9 Å². The molecule has 0 radical (unpaired) electrons. The monoisotopic (exact) mass is 412 g/mol. The number of hydrogen-bond acceptors (Lipinski definition) is 5. The van der Waals surface area contributed by atoms with Crippen molar-refractivity contribution in [3.63, 3.8) is 0 Å². The Labute approximate surface area is 176 Å². The van der Waals surface area contributed by atoms with Crippen molar-refractivity contribution in [2.45, 2.75) is 45.4 Å². The van der Waals surface area contributed by atoms with Crippen LogP contribution < -0.4 is 10.6 Å². The van der Waals surface area contributed by atoms with Gasteiger partial charge in [0.2, 0.25) is 5.91 Å². The van der Waals surface area contributed by atoms with Crippen molar-refractivity contribution in [2.75, 3.05) is 6.54 Å². The summed E-state index contributed by atoms with van der Waals surface area (Å²) in [5, 5.41) is 5.10. The van der Waals surface area contributed by atoms with E-state index in [1.54, 1.807) is 20.8 Å². The third-order valence-corrected chi connectivity index (χ3v) is 3.94. The molecule has 0 fully saturated rings. The van der Waals surface area contributed by atoms with E-state index >= 15 is 0 Å². The van der Waals surface area contributed by atoms with Crippen LogP contribution in [-0.4, -0.2) is 36.2 Å². The quantitative estimate of drug-likeness (QED) is 0.650. The first-order chi connectivity index (χ1) is 14.2. The van der Waals surface area contributed by atoms with Crippen LogP contribution in [0.5, 0.6) is 0 Å². The zero-order valence-corrected chi connectivity index (χ0v) is 17.5. The number of hydrogen-bond donors (Lipinski definition) is 2. The third kappa shape index (κ3) is 8.77. The molecule has 160 valence electrons. The summed E-state index contributed by atoms with van der Waals surface area (Å²) in [7, 11) is 0. The van der Waals surface area contributed by atoms with Crippen molar-refractivity contribution in [3.05, 3.63) is 71.8 Å². The summed E-state index contributed by atoms with van der Waals surface area (Å²) >= 11 is 0. The van der Waals surface area contributed by atoms with Gasteiger partial charge in [0, 0.05) is 6.42 Å². The van der Waals surface area contributed by atoms with E-state index in [4.69, 9.17) is 9.47 Å². The topological polar surface area (TPSA) is 93.7 Å². The van der Waals surface area contributed by atoms with Crippen molar-refractivity contribution in [1.82, 2.24) is 10.6 Å². The van der Waals surface area contributed by atoms with Gasteiger partial charge in [-0.25, -0.2) is 4.79 Å². The molecule has 0 spiro atoms. The number of esters is 1. The molecule has 0 aromatic heterocycles. The molecule has 1 atom stereocenters. The lowest BCUT2D eigenvalue weighted by Gasteiger charge is -2.23. The van der Waals surface area contributed by atoms with Crippen LogP contribution in [-0.2, 0) is 32.1 Å². The number of alkyl carbamates (subject to hydrolysis) is 1. The van der Waals surface area contributed by atoms with Crippen LogP contribution >= 0.6 is 0 Å². The molecular formula is C23H28N2O5. The second-order valence-electron chi connectivity index (χ2n) is 7.75. The number of nitrogens with one attached hydrogen (secondary N) is 2. The van der Waals surface area contributed by atoms with Crippen molar-refractivity contribution < 1.29 is 23.9 Å². The summed E-state index contributed by atoms with van der Waals surface area (Å²) in [5.41, 5.74) is 1.02. The minimum atomic E-state index is -0.899. The van der Waals surface area contributed by atoms with Crippen LogP contribution in [0.15, 0.2) is 60.7 Å². The van der Waals surface area contributed by atoms with E-state index in [0.717, 1.165) is 11.1 Å². The summed E-state index contributed by atoms with van der Waals surface area (Å²) in [4.78, 5) is 36.8. The Morgan fingerprint density at radius 2 is 1.47 bits per heavy atom. The average molecular weight is 412 g/mol. The molecule has 2 rings (SSSR count). The van der Waals surface area contributed by atoms with Crippen molar-refractivity contribution in [1.29, 1.82) is 0 Å². The highest BCUT2D eigenvalue weighted by Crippen LogP contribution is 2.09. The lowest BCUT2D eigenvalue weighted by atomic mass is 10.1. The van der Waals surface area contributed by atoms with E-state index in [9.17, 15) is 14.4 Å². The number of carbonyl (C=O) groups excluding carboxylic acids is 3. The highest BCUT2D eigenvalue weighted by Gasteiger charge is 2.25. The molecule has 2 aromatic carbocycles. The average Bonchev–Trinajstić information content (AvgIpc) is 2.70. The molecule has 0 saturated heterocycles. The molecule has 7 nitrogen and oxygen atoms in total. The highest BCUT2D eigenvalue weighted by molar-refractivity contribution is 5.88. The Morgan fingerprint density at radius 1 is 0.900 bits per heavy atom. The Bertz CT molecular complexity index is 832. The lowest BCUT2D eigenvalue weighted by Crippen LogP contribution is -2.50. The van der Waals surface area contributed by atoms with E-state index in [1.807, 2.05) is 60.7 Å². The SMILES string of the molecule is CC(C)(C)OC(=O)N[C@@H](Cc1ccccc1)C(=O)NCC(=O)OCc1ccccc1. The van der Waals surface area contributed by atoms with Gasteiger partial charge in [0.15, 0.2) is 0 Å². The molecule has 30 heavy (non-hydrogen) atoms. The van der Waals surface area contributed by atoms with Gasteiger partial charge in [-0.1, -0.05) is 60.7 Å². The fourth-order valence-corrected chi connectivity index (χ4v) is 2.58. The molecule has 0 aliphatic heterocycles. The van der Waals surface area contributed by atoms with E-state index in [1.165, 1.54) is 0 Å². The number of rotatable bonds is 8. The maximum absolute atomic E-state index is 12.6. The van der Waals surface area contributed by atoms with Gasteiger partial charge in [0.1, 0.15) is 24.8 Å². The standard InChI is InChI=1S/C23H28N2O5/c1-23(2,3)30-22(28)25-19(14-17-10-6-4-7-11-17)21(27)24-15-20(26)29-16-18-12-8-5-9-13-18/h4-13,19H,14-16H2,1-3H3,(H,24,27)(H,25,28)/t19-/m0/s1. The van der Waals surface area contributed by atoms with Gasteiger partial charge < -0.3 is 20.1 Å². The van der Waals surface area contributed by atoms with Crippen molar-refractivity contribution >= 4 is 18.0 Å². The molecule has 2 aromatic rings. The van der Waals surface area contributed by atoms with Gasteiger partial charge in [0.25, 0.3) is 0 Å².